The molecule has 0 aliphatic rings. The van der Waals surface area contributed by atoms with Gasteiger partial charge in [-0.2, -0.15) is 0 Å². The molecule has 0 spiro atoms. The average molecular weight is 375 g/mol. The van der Waals surface area contributed by atoms with Crippen LogP contribution in [0.25, 0.3) is 16.4 Å². The summed E-state index contributed by atoms with van der Waals surface area (Å²) in [6.45, 7) is 3.98. The number of carbonyl (C=O) groups excluding carboxylic acids is 1. The van der Waals surface area contributed by atoms with Gasteiger partial charge in [0.15, 0.2) is 5.82 Å². The van der Waals surface area contributed by atoms with Gasteiger partial charge in [-0.1, -0.05) is 0 Å². The second-order valence-electron chi connectivity index (χ2n) is 6.06. The van der Waals surface area contributed by atoms with E-state index in [0.717, 1.165) is 22.2 Å². The maximum atomic E-state index is 12.4. The van der Waals surface area contributed by atoms with Gasteiger partial charge in [0, 0.05) is 22.3 Å². The molecule has 0 saturated heterocycles. The molecule has 0 aliphatic carbocycles. The van der Waals surface area contributed by atoms with Crippen molar-refractivity contribution >= 4 is 22.9 Å². The minimum absolute atomic E-state index is 0.177. The summed E-state index contributed by atoms with van der Waals surface area (Å²) in [5, 5.41) is 11.4. The lowest BCUT2D eigenvalue weighted by Crippen LogP contribution is -2.12. The van der Waals surface area contributed by atoms with Gasteiger partial charge >= 0.3 is 0 Å². The Balaban J connectivity index is 1.62. The third-order valence-corrected chi connectivity index (χ3v) is 5.09. The SMILES string of the molecule is Cc1ccc(-c2nnc(C)n2-c2ccc(C(=O)Nc3cccnc3)cc2)s1. The van der Waals surface area contributed by atoms with Gasteiger partial charge in [0.25, 0.3) is 5.91 Å². The molecule has 27 heavy (non-hydrogen) atoms. The molecule has 0 fully saturated rings. The monoisotopic (exact) mass is 375 g/mol. The summed E-state index contributed by atoms with van der Waals surface area (Å²) in [5.41, 5.74) is 2.15. The molecule has 134 valence electrons. The lowest BCUT2D eigenvalue weighted by molar-refractivity contribution is 0.102. The van der Waals surface area contributed by atoms with Crippen molar-refractivity contribution < 1.29 is 4.79 Å². The van der Waals surface area contributed by atoms with E-state index in [1.807, 2.05) is 23.6 Å². The predicted octanol–water partition coefficient (Wildman–Crippen LogP) is 4.26. The van der Waals surface area contributed by atoms with E-state index in [2.05, 4.69) is 39.6 Å². The summed E-state index contributed by atoms with van der Waals surface area (Å²) < 4.78 is 1.99. The molecular weight excluding hydrogens is 358 g/mol. The molecule has 0 radical (unpaired) electrons. The van der Waals surface area contributed by atoms with E-state index in [1.54, 1.807) is 48.0 Å². The van der Waals surface area contributed by atoms with Gasteiger partial charge in [-0.3, -0.25) is 14.3 Å². The van der Waals surface area contributed by atoms with Crippen molar-refractivity contribution in [1.29, 1.82) is 0 Å². The molecule has 0 saturated carbocycles. The minimum Gasteiger partial charge on any atom is -0.321 e. The Kier molecular flexibility index (Phi) is 4.52. The number of amides is 1. The Bertz CT molecular complexity index is 1080. The molecule has 7 heteroatoms. The fourth-order valence-corrected chi connectivity index (χ4v) is 3.63. The number of rotatable bonds is 4. The number of thiophene rings is 1. The first-order valence-electron chi connectivity index (χ1n) is 8.42. The number of hydrogen-bond donors (Lipinski definition) is 1. The predicted molar refractivity (Wildman–Crippen MR) is 106 cm³/mol. The molecule has 4 rings (SSSR count). The summed E-state index contributed by atoms with van der Waals surface area (Å²) in [5.74, 6) is 1.42. The molecule has 1 amide bonds. The van der Waals surface area contributed by atoms with Crippen LogP contribution < -0.4 is 5.32 Å². The topological polar surface area (TPSA) is 72.7 Å². The van der Waals surface area contributed by atoms with Crippen LogP contribution in [0.5, 0.6) is 0 Å². The molecule has 0 aliphatic heterocycles. The number of nitrogens with zero attached hydrogens (tertiary/aromatic N) is 4. The Hall–Kier alpha value is -3.32. The zero-order chi connectivity index (χ0) is 18.8. The molecule has 3 heterocycles. The Morgan fingerprint density at radius 1 is 1.04 bits per heavy atom. The van der Waals surface area contributed by atoms with Gasteiger partial charge in [0.2, 0.25) is 0 Å². The van der Waals surface area contributed by atoms with Crippen LogP contribution in [0.2, 0.25) is 0 Å². The van der Waals surface area contributed by atoms with Crippen LogP contribution in [0, 0.1) is 13.8 Å². The molecule has 1 N–H and O–H groups in total. The van der Waals surface area contributed by atoms with E-state index in [9.17, 15) is 4.79 Å². The van der Waals surface area contributed by atoms with E-state index >= 15 is 0 Å². The van der Waals surface area contributed by atoms with Crippen molar-refractivity contribution in [2.45, 2.75) is 13.8 Å². The molecule has 6 nitrogen and oxygen atoms in total. The van der Waals surface area contributed by atoms with Crippen LogP contribution in [0.1, 0.15) is 21.1 Å². The largest absolute Gasteiger partial charge is 0.321 e. The molecular formula is C20H17N5OS. The van der Waals surface area contributed by atoms with E-state index < -0.39 is 0 Å². The number of anilines is 1. The number of aryl methyl sites for hydroxylation is 2. The Morgan fingerprint density at radius 2 is 1.85 bits per heavy atom. The number of hydrogen-bond acceptors (Lipinski definition) is 5. The maximum absolute atomic E-state index is 12.4. The third kappa shape index (κ3) is 3.50. The van der Waals surface area contributed by atoms with Crippen LogP contribution in [-0.4, -0.2) is 25.7 Å². The first kappa shape index (κ1) is 17.1. The van der Waals surface area contributed by atoms with E-state index in [-0.39, 0.29) is 5.91 Å². The van der Waals surface area contributed by atoms with Gasteiger partial charge in [-0.25, -0.2) is 0 Å². The van der Waals surface area contributed by atoms with Crippen molar-refractivity contribution in [3.05, 3.63) is 77.2 Å². The van der Waals surface area contributed by atoms with Crippen molar-refractivity contribution in [1.82, 2.24) is 19.7 Å². The van der Waals surface area contributed by atoms with Gasteiger partial charge < -0.3 is 5.32 Å². The summed E-state index contributed by atoms with van der Waals surface area (Å²) in [4.78, 5) is 18.7. The van der Waals surface area contributed by atoms with E-state index in [1.165, 1.54) is 4.88 Å². The molecule has 4 aromatic rings. The number of aromatic nitrogens is 4. The zero-order valence-electron chi connectivity index (χ0n) is 14.9. The van der Waals surface area contributed by atoms with Gasteiger partial charge in [-0.15, -0.1) is 21.5 Å². The Labute approximate surface area is 160 Å². The highest BCUT2D eigenvalue weighted by molar-refractivity contribution is 7.15. The first-order valence-corrected chi connectivity index (χ1v) is 9.24. The molecule has 0 unspecified atom stereocenters. The van der Waals surface area contributed by atoms with E-state index in [4.69, 9.17) is 0 Å². The van der Waals surface area contributed by atoms with Crippen LogP contribution in [0.4, 0.5) is 5.69 Å². The smallest absolute Gasteiger partial charge is 0.255 e. The fourth-order valence-electron chi connectivity index (χ4n) is 2.79. The highest BCUT2D eigenvalue weighted by Gasteiger charge is 2.15. The highest BCUT2D eigenvalue weighted by atomic mass is 32.1. The fraction of sp³-hybridized carbons (Fsp3) is 0.100. The summed E-state index contributed by atoms with van der Waals surface area (Å²) >= 11 is 1.68. The average Bonchev–Trinajstić information content (AvgIpc) is 3.28. The van der Waals surface area contributed by atoms with Crippen molar-refractivity contribution in [3.63, 3.8) is 0 Å². The second kappa shape index (κ2) is 7.13. The van der Waals surface area contributed by atoms with Gasteiger partial charge in [0.05, 0.1) is 16.8 Å². The van der Waals surface area contributed by atoms with Crippen molar-refractivity contribution in [3.8, 4) is 16.4 Å². The lowest BCUT2D eigenvalue weighted by atomic mass is 10.2. The highest BCUT2D eigenvalue weighted by Crippen LogP contribution is 2.29. The molecule has 1 aromatic carbocycles. The van der Waals surface area contributed by atoms with E-state index in [0.29, 0.717) is 11.3 Å². The Morgan fingerprint density at radius 3 is 2.52 bits per heavy atom. The lowest BCUT2D eigenvalue weighted by Gasteiger charge is -2.09. The maximum Gasteiger partial charge on any atom is 0.255 e. The van der Waals surface area contributed by atoms with Crippen LogP contribution in [-0.2, 0) is 0 Å². The molecule has 0 bridgehead atoms. The zero-order valence-corrected chi connectivity index (χ0v) is 15.7. The number of pyridine rings is 1. The molecule has 3 aromatic heterocycles. The van der Waals surface area contributed by atoms with Crippen molar-refractivity contribution in [2.24, 2.45) is 0 Å². The van der Waals surface area contributed by atoms with Crippen molar-refractivity contribution in [2.75, 3.05) is 5.32 Å². The summed E-state index contributed by atoms with van der Waals surface area (Å²) in [7, 11) is 0. The molecule has 0 atom stereocenters. The van der Waals surface area contributed by atoms with Gasteiger partial charge in [0.1, 0.15) is 5.82 Å². The first-order chi connectivity index (χ1) is 13.1. The van der Waals surface area contributed by atoms with Gasteiger partial charge in [-0.05, 0) is 62.4 Å². The minimum atomic E-state index is -0.177. The number of benzene rings is 1. The van der Waals surface area contributed by atoms with Crippen LogP contribution in [0.3, 0.4) is 0 Å². The van der Waals surface area contributed by atoms with Crippen LogP contribution >= 0.6 is 11.3 Å². The normalized spacial score (nSPS) is 10.7. The third-order valence-electron chi connectivity index (χ3n) is 4.09. The number of nitrogens with one attached hydrogen (secondary N) is 1. The second-order valence-corrected chi connectivity index (χ2v) is 7.35. The quantitative estimate of drug-likeness (QED) is 0.578. The standard InChI is InChI=1S/C20H17N5OS/c1-13-5-10-18(27-13)19-24-23-14(2)25(19)17-8-6-15(7-9-17)20(26)22-16-4-3-11-21-12-16/h3-12H,1-2H3,(H,22,26). The summed E-state index contributed by atoms with van der Waals surface area (Å²) in [6, 6.07) is 15.1. The summed E-state index contributed by atoms with van der Waals surface area (Å²) in [6.07, 6.45) is 3.28. The van der Waals surface area contributed by atoms with Crippen LogP contribution in [0.15, 0.2) is 60.9 Å². The number of carbonyl (C=O) groups is 1.